The number of benzene rings is 1. The Morgan fingerprint density at radius 1 is 1.07 bits per heavy atom. The van der Waals surface area contributed by atoms with Crippen molar-refractivity contribution in [3.05, 3.63) is 65.5 Å². The average Bonchev–Trinajstić information content (AvgIpc) is 3.08. The number of hydrogen-bond donors (Lipinski definition) is 1. The lowest BCUT2D eigenvalue weighted by atomic mass is 10.0. The van der Waals surface area contributed by atoms with Crippen LogP contribution in [-0.4, -0.2) is 30.8 Å². The molecule has 0 aliphatic heterocycles. The summed E-state index contributed by atoms with van der Waals surface area (Å²) in [5.74, 6) is 0.995. The highest BCUT2D eigenvalue weighted by atomic mass is 16.4. The first-order chi connectivity index (χ1) is 13.6. The third-order valence-electron chi connectivity index (χ3n) is 4.67. The second kappa shape index (κ2) is 9.26. The van der Waals surface area contributed by atoms with Crippen LogP contribution in [0, 0.1) is 0 Å². The van der Waals surface area contributed by atoms with Crippen LogP contribution in [-0.2, 0) is 19.4 Å². The van der Waals surface area contributed by atoms with E-state index >= 15 is 0 Å². The number of carbonyl (C=O) groups is 1. The van der Waals surface area contributed by atoms with Gasteiger partial charge in [-0.15, -0.1) is 0 Å². The average molecular weight is 378 g/mol. The summed E-state index contributed by atoms with van der Waals surface area (Å²) in [6, 6.07) is 9.43. The Morgan fingerprint density at radius 3 is 2.54 bits per heavy atom. The van der Waals surface area contributed by atoms with E-state index in [0.717, 1.165) is 54.9 Å². The zero-order valence-electron chi connectivity index (χ0n) is 16.4. The van der Waals surface area contributed by atoms with Crippen molar-refractivity contribution in [3.8, 4) is 11.1 Å². The van der Waals surface area contributed by atoms with Crippen molar-refractivity contribution in [2.45, 2.75) is 52.5 Å². The van der Waals surface area contributed by atoms with Crippen LogP contribution < -0.4 is 0 Å². The van der Waals surface area contributed by atoms with Crippen LogP contribution in [0.2, 0.25) is 0 Å². The minimum Gasteiger partial charge on any atom is -0.478 e. The molecule has 6 heteroatoms. The minimum absolute atomic E-state index is 0.255. The molecule has 1 aromatic carbocycles. The fraction of sp³-hybridized carbons (Fsp3) is 0.364. The van der Waals surface area contributed by atoms with E-state index in [1.54, 1.807) is 6.20 Å². The van der Waals surface area contributed by atoms with Gasteiger partial charge in [0.1, 0.15) is 5.82 Å². The lowest BCUT2D eigenvalue weighted by molar-refractivity contribution is 0.0697. The van der Waals surface area contributed by atoms with E-state index in [4.69, 9.17) is 4.98 Å². The quantitative estimate of drug-likeness (QED) is 0.597. The van der Waals surface area contributed by atoms with Gasteiger partial charge in [-0.05, 0) is 30.0 Å². The standard InChI is InChI=1S/C22H26N4O2/c1-3-5-7-21-24-20(6-4-2)25-26(21)15-16-8-10-17(11-9-16)19-14-23-13-12-18(19)22(27)28/h8-14H,3-7,15H2,1-2H3,(H,27,28). The molecule has 1 N–H and O–H groups in total. The largest absolute Gasteiger partial charge is 0.478 e. The molecule has 0 saturated heterocycles. The zero-order chi connectivity index (χ0) is 19.9. The van der Waals surface area contributed by atoms with Gasteiger partial charge in [0.15, 0.2) is 5.82 Å². The molecular weight excluding hydrogens is 352 g/mol. The van der Waals surface area contributed by atoms with Crippen molar-refractivity contribution in [2.24, 2.45) is 0 Å². The molecule has 2 aromatic heterocycles. The van der Waals surface area contributed by atoms with E-state index in [2.05, 4.69) is 23.9 Å². The molecule has 0 saturated carbocycles. The predicted octanol–water partition coefficient (Wildman–Crippen LogP) is 4.38. The fourth-order valence-corrected chi connectivity index (χ4v) is 3.18. The molecule has 146 valence electrons. The second-order valence-corrected chi connectivity index (χ2v) is 6.88. The third-order valence-corrected chi connectivity index (χ3v) is 4.67. The van der Waals surface area contributed by atoms with Gasteiger partial charge in [0.25, 0.3) is 0 Å². The molecule has 0 atom stereocenters. The molecule has 3 aromatic rings. The van der Waals surface area contributed by atoms with E-state index in [1.807, 2.05) is 28.9 Å². The van der Waals surface area contributed by atoms with Crippen molar-refractivity contribution in [1.82, 2.24) is 19.7 Å². The summed E-state index contributed by atoms with van der Waals surface area (Å²) in [4.78, 5) is 20.2. The van der Waals surface area contributed by atoms with Crippen molar-refractivity contribution < 1.29 is 9.90 Å². The molecule has 3 rings (SSSR count). The second-order valence-electron chi connectivity index (χ2n) is 6.88. The van der Waals surface area contributed by atoms with E-state index in [-0.39, 0.29) is 5.56 Å². The van der Waals surface area contributed by atoms with Gasteiger partial charge in [0.05, 0.1) is 12.1 Å². The van der Waals surface area contributed by atoms with E-state index in [1.165, 1.54) is 12.3 Å². The third kappa shape index (κ3) is 4.63. The number of unbranched alkanes of at least 4 members (excludes halogenated alkanes) is 1. The SMILES string of the molecule is CCCCc1nc(CCC)nn1Cc1ccc(-c2cnccc2C(=O)O)cc1. The summed E-state index contributed by atoms with van der Waals surface area (Å²) >= 11 is 0. The summed E-state index contributed by atoms with van der Waals surface area (Å²) in [6.07, 6.45) is 8.17. The normalized spacial score (nSPS) is 10.9. The Morgan fingerprint density at radius 2 is 1.86 bits per heavy atom. The van der Waals surface area contributed by atoms with Gasteiger partial charge in [0.2, 0.25) is 0 Å². The zero-order valence-corrected chi connectivity index (χ0v) is 16.4. The smallest absolute Gasteiger partial charge is 0.336 e. The molecule has 2 heterocycles. The molecule has 6 nitrogen and oxygen atoms in total. The highest BCUT2D eigenvalue weighted by Gasteiger charge is 2.13. The molecule has 0 radical (unpaired) electrons. The van der Waals surface area contributed by atoms with Crippen molar-refractivity contribution in [2.75, 3.05) is 0 Å². The number of hydrogen-bond acceptors (Lipinski definition) is 4. The van der Waals surface area contributed by atoms with Crippen molar-refractivity contribution in [3.63, 3.8) is 0 Å². The maximum absolute atomic E-state index is 11.4. The van der Waals surface area contributed by atoms with Crippen LogP contribution >= 0.6 is 0 Å². The monoisotopic (exact) mass is 378 g/mol. The number of rotatable bonds is 9. The van der Waals surface area contributed by atoms with Crippen LogP contribution in [0.25, 0.3) is 11.1 Å². The Hall–Kier alpha value is -3.02. The molecule has 0 spiro atoms. The van der Waals surface area contributed by atoms with Gasteiger partial charge in [-0.3, -0.25) is 4.98 Å². The van der Waals surface area contributed by atoms with Gasteiger partial charge in [-0.25, -0.2) is 14.5 Å². The van der Waals surface area contributed by atoms with Crippen LogP contribution in [0.4, 0.5) is 0 Å². The number of pyridine rings is 1. The number of aromatic nitrogens is 4. The highest BCUT2D eigenvalue weighted by Crippen LogP contribution is 2.23. The maximum atomic E-state index is 11.4. The van der Waals surface area contributed by atoms with E-state index < -0.39 is 5.97 Å². The number of aryl methyl sites for hydroxylation is 2. The summed E-state index contributed by atoms with van der Waals surface area (Å²) in [7, 11) is 0. The molecule has 0 amide bonds. The number of nitrogens with zero attached hydrogens (tertiary/aromatic N) is 4. The summed E-state index contributed by atoms with van der Waals surface area (Å²) in [6.45, 7) is 4.97. The van der Waals surface area contributed by atoms with Gasteiger partial charge < -0.3 is 5.11 Å². The number of carboxylic acid groups (broad SMARTS) is 1. The molecule has 0 aliphatic rings. The van der Waals surface area contributed by atoms with E-state index in [0.29, 0.717) is 12.1 Å². The predicted molar refractivity (Wildman–Crippen MR) is 108 cm³/mol. The Kier molecular flexibility index (Phi) is 6.53. The molecule has 0 fully saturated rings. The van der Waals surface area contributed by atoms with Gasteiger partial charge in [-0.1, -0.05) is 44.5 Å². The molecule has 0 unspecified atom stereocenters. The van der Waals surface area contributed by atoms with Crippen LogP contribution in [0.3, 0.4) is 0 Å². The molecule has 0 bridgehead atoms. The lowest BCUT2D eigenvalue weighted by Crippen LogP contribution is -2.07. The summed E-state index contributed by atoms with van der Waals surface area (Å²) in [5.41, 5.74) is 2.82. The van der Waals surface area contributed by atoms with E-state index in [9.17, 15) is 9.90 Å². The first kappa shape index (κ1) is 19.7. The van der Waals surface area contributed by atoms with Gasteiger partial charge >= 0.3 is 5.97 Å². The minimum atomic E-state index is -0.951. The summed E-state index contributed by atoms with van der Waals surface area (Å²) in [5, 5.41) is 14.1. The lowest BCUT2D eigenvalue weighted by Gasteiger charge is -2.08. The first-order valence-corrected chi connectivity index (χ1v) is 9.81. The Balaban J connectivity index is 1.82. The van der Waals surface area contributed by atoms with Crippen molar-refractivity contribution >= 4 is 5.97 Å². The van der Waals surface area contributed by atoms with Crippen LogP contribution in [0.15, 0.2) is 42.7 Å². The fourth-order valence-electron chi connectivity index (χ4n) is 3.18. The molecule has 28 heavy (non-hydrogen) atoms. The van der Waals surface area contributed by atoms with Crippen LogP contribution in [0.5, 0.6) is 0 Å². The Labute approximate surface area is 165 Å². The highest BCUT2D eigenvalue weighted by molar-refractivity contribution is 5.95. The first-order valence-electron chi connectivity index (χ1n) is 9.81. The van der Waals surface area contributed by atoms with Gasteiger partial charge in [-0.2, -0.15) is 5.10 Å². The van der Waals surface area contributed by atoms with Crippen LogP contribution in [0.1, 0.15) is 60.7 Å². The number of aromatic carboxylic acids is 1. The van der Waals surface area contributed by atoms with Crippen molar-refractivity contribution in [1.29, 1.82) is 0 Å². The molecule has 0 aliphatic carbocycles. The van der Waals surface area contributed by atoms with Gasteiger partial charge in [0, 0.05) is 30.8 Å². The maximum Gasteiger partial charge on any atom is 0.336 e. The number of carboxylic acids is 1. The topological polar surface area (TPSA) is 80.9 Å². The Bertz CT molecular complexity index is 932. The summed E-state index contributed by atoms with van der Waals surface area (Å²) < 4.78 is 2.00. The molecular formula is C22H26N4O2.